The van der Waals surface area contributed by atoms with Crippen molar-refractivity contribution in [1.82, 2.24) is 4.98 Å². The number of halogens is 1. The Balaban J connectivity index is 2.85. The lowest BCUT2D eigenvalue weighted by Gasteiger charge is -2.09. The molecule has 3 nitrogen and oxygen atoms in total. The van der Waals surface area contributed by atoms with Gasteiger partial charge >= 0.3 is 0 Å². The third-order valence-electron chi connectivity index (χ3n) is 1.25. The topological polar surface area (TPSA) is 50.9 Å². The van der Waals surface area contributed by atoms with Gasteiger partial charge in [-0.1, -0.05) is 11.6 Å². The Kier molecular flexibility index (Phi) is 2.76. The lowest BCUT2D eigenvalue weighted by Crippen LogP contribution is -2.11. The summed E-state index contributed by atoms with van der Waals surface area (Å²) in [6, 6.07) is 3.70. The third kappa shape index (κ3) is 2.58. The van der Waals surface area contributed by atoms with Gasteiger partial charge in [-0.2, -0.15) is 0 Å². The van der Waals surface area contributed by atoms with Gasteiger partial charge in [0.15, 0.2) is 0 Å². The Bertz CT molecular complexity index is 253. The molecular formula is C8H12ClN3. The molecule has 1 heterocycles. The van der Waals surface area contributed by atoms with Gasteiger partial charge in [-0.05, 0) is 26.0 Å². The van der Waals surface area contributed by atoms with Crippen LogP contribution in [-0.2, 0) is 0 Å². The molecule has 3 N–H and O–H groups in total. The number of nitrogens with one attached hydrogen (secondary N) is 1. The maximum atomic E-state index is 5.77. The minimum atomic E-state index is 0.329. The lowest BCUT2D eigenvalue weighted by molar-refractivity contribution is 0.890. The van der Waals surface area contributed by atoms with Crippen LogP contribution in [-0.4, -0.2) is 11.0 Å². The van der Waals surface area contributed by atoms with Gasteiger partial charge < -0.3 is 11.1 Å². The fourth-order valence-corrected chi connectivity index (χ4v) is 1.10. The van der Waals surface area contributed by atoms with Crippen LogP contribution in [0, 0.1) is 0 Å². The summed E-state index contributed by atoms with van der Waals surface area (Å²) in [6.07, 6.45) is 0. The molecule has 0 spiro atoms. The maximum Gasteiger partial charge on any atom is 0.130 e. The predicted octanol–water partition coefficient (Wildman–Crippen LogP) is 2.14. The molecule has 1 rings (SSSR count). The van der Waals surface area contributed by atoms with Gasteiger partial charge in [0.1, 0.15) is 11.6 Å². The Hall–Kier alpha value is -0.960. The van der Waals surface area contributed by atoms with Crippen LogP contribution in [0.1, 0.15) is 13.8 Å². The number of rotatable bonds is 2. The van der Waals surface area contributed by atoms with Crippen molar-refractivity contribution in [2.45, 2.75) is 19.9 Å². The van der Waals surface area contributed by atoms with Crippen molar-refractivity contribution in [1.29, 1.82) is 0 Å². The van der Waals surface area contributed by atoms with E-state index in [0.29, 0.717) is 16.9 Å². The standard InChI is InChI=1S/C8H12ClN3/c1-5(2)11-8-4-6(9)3-7(10)12-8/h3-5H,1-2H3,(H3,10,11,12). The molecule has 0 unspecified atom stereocenters. The number of nitrogens with two attached hydrogens (primary N) is 1. The van der Waals surface area contributed by atoms with Crippen molar-refractivity contribution in [2.24, 2.45) is 0 Å². The summed E-state index contributed by atoms with van der Waals surface area (Å²) >= 11 is 5.77. The van der Waals surface area contributed by atoms with E-state index in [4.69, 9.17) is 17.3 Å². The van der Waals surface area contributed by atoms with Gasteiger partial charge in [-0.15, -0.1) is 0 Å². The fraction of sp³-hybridized carbons (Fsp3) is 0.375. The van der Waals surface area contributed by atoms with Crippen LogP contribution in [0.25, 0.3) is 0 Å². The zero-order chi connectivity index (χ0) is 9.14. The largest absolute Gasteiger partial charge is 0.384 e. The number of hydrogen-bond donors (Lipinski definition) is 2. The summed E-state index contributed by atoms with van der Waals surface area (Å²) in [5.74, 6) is 1.15. The third-order valence-corrected chi connectivity index (χ3v) is 1.46. The van der Waals surface area contributed by atoms with Crippen molar-refractivity contribution >= 4 is 23.2 Å². The predicted molar refractivity (Wildman–Crippen MR) is 52.4 cm³/mol. The van der Waals surface area contributed by atoms with Crippen LogP contribution in [0.2, 0.25) is 5.02 Å². The average molecular weight is 186 g/mol. The number of pyridine rings is 1. The van der Waals surface area contributed by atoms with E-state index in [2.05, 4.69) is 10.3 Å². The molecule has 1 aromatic heterocycles. The summed E-state index contributed by atoms with van der Waals surface area (Å²) < 4.78 is 0. The van der Waals surface area contributed by atoms with Gasteiger partial charge in [0.2, 0.25) is 0 Å². The van der Waals surface area contributed by atoms with Gasteiger partial charge in [0.05, 0.1) is 0 Å². The van der Waals surface area contributed by atoms with E-state index in [1.165, 1.54) is 0 Å². The Morgan fingerprint density at radius 3 is 2.67 bits per heavy atom. The molecule has 0 aliphatic heterocycles. The van der Waals surface area contributed by atoms with E-state index < -0.39 is 0 Å². The van der Waals surface area contributed by atoms with Crippen LogP contribution in [0.5, 0.6) is 0 Å². The van der Waals surface area contributed by atoms with E-state index in [1.807, 2.05) is 13.8 Å². The van der Waals surface area contributed by atoms with Crippen LogP contribution in [0.3, 0.4) is 0 Å². The molecule has 0 atom stereocenters. The van der Waals surface area contributed by atoms with Crippen LogP contribution in [0.15, 0.2) is 12.1 Å². The Morgan fingerprint density at radius 2 is 2.17 bits per heavy atom. The Morgan fingerprint density at radius 1 is 1.50 bits per heavy atom. The first-order chi connectivity index (χ1) is 5.58. The number of nitrogen functional groups attached to an aromatic ring is 1. The summed E-state index contributed by atoms with van der Waals surface area (Å²) in [6.45, 7) is 4.05. The first-order valence-corrected chi connectivity index (χ1v) is 4.15. The number of hydrogen-bond acceptors (Lipinski definition) is 3. The molecule has 0 saturated carbocycles. The summed E-state index contributed by atoms with van der Waals surface area (Å²) in [4.78, 5) is 4.06. The van der Waals surface area contributed by atoms with Crippen molar-refractivity contribution in [3.05, 3.63) is 17.2 Å². The van der Waals surface area contributed by atoms with Crippen molar-refractivity contribution in [2.75, 3.05) is 11.1 Å². The molecule has 0 saturated heterocycles. The summed E-state index contributed by atoms with van der Waals surface area (Å²) in [5, 5.41) is 3.71. The van der Waals surface area contributed by atoms with E-state index in [0.717, 1.165) is 5.82 Å². The maximum absolute atomic E-state index is 5.77. The molecule has 0 fully saturated rings. The summed E-state index contributed by atoms with van der Waals surface area (Å²) in [5.41, 5.74) is 5.50. The van der Waals surface area contributed by atoms with Crippen molar-refractivity contribution in [3.8, 4) is 0 Å². The molecule has 0 aromatic carbocycles. The highest BCUT2D eigenvalue weighted by molar-refractivity contribution is 6.31. The second-order valence-electron chi connectivity index (χ2n) is 2.89. The molecule has 1 aromatic rings. The number of anilines is 2. The number of aromatic nitrogens is 1. The molecule has 0 amide bonds. The summed E-state index contributed by atoms with van der Waals surface area (Å²) in [7, 11) is 0. The first kappa shape index (κ1) is 9.13. The van der Waals surface area contributed by atoms with Crippen molar-refractivity contribution < 1.29 is 0 Å². The molecule has 12 heavy (non-hydrogen) atoms. The van der Waals surface area contributed by atoms with Crippen LogP contribution >= 0.6 is 11.6 Å². The molecule has 0 aliphatic rings. The minimum Gasteiger partial charge on any atom is -0.384 e. The second kappa shape index (κ2) is 3.63. The fourth-order valence-electron chi connectivity index (χ4n) is 0.887. The molecule has 66 valence electrons. The van der Waals surface area contributed by atoms with Crippen LogP contribution in [0.4, 0.5) is 11.6 Å². The highest BCUT2D eigenvalue weighted by atomic mass is 35.5. The van der Waals surface area contributed by atoms with Gasteiger partial charge in [-0.3, -0.25) is 0 Å². The van der Waals surface area contributed by atoms with E-state index >= 15 is 0 Å². The van der Waals surface area contributed by atoms with Crippen molar-refractivity contribution in [3.63, 3.8) is 0 Å². The highest BCUT2D eigenvalue weighted by Crippen LogP contribution is 2.16. The SMILES string of the molecule is CC(C)Nc1cc(Cl)cc(N)n1. The average Bonchev–Trinajstić information content (AvgIpc) is 1.81. The smallest absolute Gasteiger partial charge is 0.130 e. The zero-order valence-corrected chi connectivity index (χ0v) is 7.89. The normalized spacial score (nSPS) is 10.3. The van der Waals surface area contributed by atoms with E-state index in [1.54, 1.807) is 12.1 Å². The first-order valence-electron chi connectivity index (χ1n) is 3.77. The lowest BCUT2D eigenvalue weighted by atomic mass is 10.3. The molecule has 0 radical (unpaired) electrons. The zero-order valence-electron chi connectivity index (χ0n) is 7.13. The molecule has 0 aliphatic carbocycles. The monoisotopic (exact) mass is 185 g/mol. The van der Waals surface area contributed by atoms with Crippen LogP contribution < -0.4 is 11.1 Å². The minimum absolute atomic E-state index is 0.329. The van der Waals surface area contributed by atoms with E-state index in [-0.39, 0.29) is 0 Å². The number of nitrogens with zero attached hydrogens (tertiary/aromatic N) is 1. The molecule has 4 heteroatoms. The Labute approximate surface area is 76.9 Å². The molecular weight excluding hydrogens is 174 g/mol. The van der Waals surface area contributed by atoms with Gasteiger partial charge in [0.25, 0.3) is 0 Å². The van der Waals surface area contributed by atoms with Gasteiger partial charge in [-0.25, -0.2) is 4.98 Å². The highest BCUT2D eigenvalue weighted by Gasteiger charge is 1.99. The second-order valence-corrected chi connectivity index (χ2v) is 3.33. The molecule has 0 bridgehead atoms. The quantitative estimate of drug-likeness (QED) is 0.742. The van der Waals surface area contributed by atoms with E-state index in [9.17, 15) is 0 Å². The van der Waals surface area contributed by atoms with Gasteiger partial charge in [0, 0.05) is 11.1 Å².